The number of carbonyl (C=O) groups excluding carboxylic acids is 1. The summed E-state index contributed by atoms with van der Waals surface area (Å²) in [7, 11) is 0. The van der Waals surface area contributed by atoms with Gasteiger partial charge in [0.15, 0.2) is 0 Å². The van der Waals surface area contributed by atoms with Gasteiger partial charge in [0.2, 0.25) is 5.91 Å². The molecule has 1 unspecified atom stereocenters. The Morgan fingerprint density at radius 1 is 1.16 bits per heavy atom. The molecule has 0 fully saturated rings. The smallest absolute Gasteiger partial charge is 0.245 e. The van der Waals surface area contributed by atoms with Crippen molar-refractivity contribution in [2.45, 2.75) is 15.8 Å². The largest absolute Gasteiger partial charge is 0.324 e. The van der Waals surface area contributed by atoms with Crippen molar-refractivity contribution in [3.8, 4) is 0 Å². The Morgan fingerprint density at radius 3 is 2.74 bits per heavy atom. The van der Waals surface area contributed by atoms with Crippen molar-refractivity contribution in [3.63, 3.8) is 0 Å². The Hall–Kier alpha value is -1.85. The molecule has 2 aromatic rings. The van der Waals surface area contributed by atoms with Gasteiger partial charge in [0.05, 0.1) is 0 Å². The highest BCUT2D eigenvalue weighted by molar-refractivity contribution is 7.99. The maximum absolute atomic E-state index is 13.1. The highest BCUT2D eigenvalue weighted by Gasteiger charge is 2.26. The summed E-state index contributed by atoms with van der Waals surface area (Å²) < 4.78 is 13.1. The Kier molecular flexibility index (Phi) is 3.00. The van der Waals surface area contributed by atoms with Crippen LogP contribution in [-0.2, 0) is 4.79 Å². The molecule has 0 aromatic heterocycles. The van der Waals surface area contributed by atoms with Gasteiger partial charge >= 0.3 is 0 Å². The molecule has 5 heteroatoms. The van der Waals surface area contributed by atoms with E-state index in [1.54, 1.807) is 6.07 Å². The maximum Gasteiger partial charge on any atom is 0.245 e. The minimum Gasteiger partial charge on any atom is -0.324 e. The van der Waals surface area contributed by atoms with Gasteiger partial charge in [-0.15, -0.1) is 0 Å². The molecule has 1 amide bonds. The first-order valence-electron chi connectivity index (χ1n) is 5.77. The normalized spacial score (nSPS) is 17.2. The molecular weight excluding hydrogens is 263 g/mol. The number of nitrogens with two attached hydrogens (primary N) is 1. The van der Waals surface area contributed by atoms with Gasteiger partial charge < -0.3 is 11.1 Å². The lowest BCUT2D eigenvalue weighted by Crippen LogP contribution is -2.19. The van der Waals surface area contributed by atoms with Gasteiger partial charge in [-0.25, -0.2) is 4.39 Å². The maximum atomic E-state index is 13.1. The minimum absolute atomic E-state index is 0.192. The van der Waals surface area contributed by atoms with E-state index < -0.39 is 6.04 Å². The molecule has 1 aliphatic heterocycles. The van der Waals surface area contributed by atoms with Crippen molar-refractivity contribution in [2.24, 2.45) is 5.73 Å². The zero-order chi connectivity index (χ0) is 13.4. The van der Waals surface area contributed by atoms with Crippen LogP contribution in [0.2, 0.25) is 0 Å². The van der Waals surface area contributed by atoms with E-state index in [-0.39, 0.29) is 11.7 Å². The number of rotatable bonds is 2. The summed E-state index contributed by atoms with van der Waals surface area (Å²) in [5.74, 6) is -0.454. The van der Waals surface area contributed by atoms with E-state index in [2.05, 4.69) is 5.32 Å². The van der Waals surface area contributed by atoms with Gasteiger partial charge in [-0.1, -0.05) is 23.9 Å². The van der Waals surface area contributed by atoms with Crippen molar-refractivity contribution in [1.82, 2.24) is 0 Å². The number of anilines is 1. The first-order valence-corrected chi connectivity index (χ1v) is 6.59. The van der Waals surface area contributed by atoms with E-state index in [9.17, 15) is 9.18 Å². The monoisotopic (exact) mass is 274 g/mol. The zero-order valence-electron chi connectivity index (χ0n) is 9.89. The van der Waals surface area contributed by atoms with Crippen molar-refractivity contribution in [1.29, 1.82) is 0 Å². The molecule has 3 nitrogen and oxygen atoms in total. The first-order chi connectivity index (χ1) is 9.13. The molecule has 1 aliphatic rings. The fourth-order valence-corrected chi connectivity index (χ4v) is 2.90. The summed E-state index contributed by atoms with van der Waals surface area (Å²) in [5.41, 5.74) is 7.28. The minimum atomic E-state index is -0.594. The second kappa shape index (κ2) is 4.68. The Morgan fingerprint density at radius 2 is 1.95 bits per heavy atom. The van der Waals surface area contributed by atoms with Gasteiger partial charge in [-0.2, -0.15) is 0 Å². The van der Waals surface area contributed by atoms with E-state index in [4.69, 9.17) is 5.73 Å². The topological polar surface area (TPSA) is 55.1 Å². The van der Waals surface area contributed by atoms with Crippen molar-refractivity contribution in [3.05, 3.63) is 53.8 Å². The molecular formula is C14H11FN2OS. The standard InChI is InChI=1S/C14H11FN2OS/c15-8-2-1-3-9(6-8)19-10-4-5-11-12(7-10)17-14(18)13(11)16/h1-7,13H,16H2,(H,17,18). The predicted octanol–water partition coefficient (Wildman–Crippen LogP) is 2.93. The van der Waals surface area contributed by atoms with E-state index in [0.717, 1.165) is 21.0 Å². The average molecular weight is 274 g/mol. The molecule has 1 heterocycles. The Labute approximate surface area is 114 Å². The van der Waals surface area contributed by atoms with E-state index >= 15 is 0 Å². The molecule has 3 rings (SSSR count). The average Bonchev–Trinajstić information content (AvgIpc) is 2.65. The van der Waals surface area contributed by atoms with Crippen LogP contribution in [0.15, 0.2) is 52.3 Å². The second-order valence-corrected chi connectivity index (χ2v) is 5.42. The fourth-order valence-electron chi connectivity index (χ4n) is 2.00. The van der Waals surface area contributed by atoms with E-state index in [0.29, 0.717) is 0 Å². The van der Waals surface area contributed by atoms with Crippen LogP contribution < -0.4 is 11.1 Å². The molecule has 0 spiro atoms. The van der Waals surface area contributed by atoms with E-state index in [1.165, 1.54) is 23.9 Å². The Balaban J connectivity index is 1.88. The third kappa shape index (κ3) is 2.34. The number of nitrogens with one attached hydrogen (secondary N) is 1. The van der Waals surface area contributed by atoms with Gasteiger partial charge in [-0.3, -0.25) is 4.79 Å². The van der Waals surface area contributed by atoms with Crippen LogP contribution in [0.4, 0.5) is 10.1 Å². The number of carbonyl (C=O) groups is 1. The summed E-state index contributed by atoms with van der Waals surface area (Å²) in [6, 6.07) is 11.4. The van der Waals surface area contributed by atoms with Crippen molar-refractivity contribution in [2.75, 3.05) is 5.32 Å². The highest BCUT2D eigenvalue weighted by atomic mass is 32.2. The molecule has 3 N–H and O–H groups in total. The number of halogens is 1. The third-order valence-electron chi connectivity index (χ3n) is 2.93. The summed E-state index contributed by atoms with van der Waals surface area (Å²) >= 11 is 1.44. The zero-order valence-corrected chi connectivity index (χ0v) is 10.7. The first kappa shape index (κ1) is 12.2. The SMILES string of the molecule is NC1C(=O)Nc2cc(Sc3cccc(F)c3)ccc21. The lowest BCUT2D eigenvalue weighted by molar-refractivity contribution is -0.116. The molecule has 19 heavy (non-hydrogen) atoms. The molecule has 0 aliphatic carbocycles. The number of amides is 1. The summed E-state index contributed by atoms with van der Waals surface area (Å²) in [6.07, 6.45) is 0. The predicted molar refractivity (Wildman–Crippen MR) is 72.5 cm³/mol. The Bertz CT molecular complexity index is 660. The lowest BCUT2D eigenvalue weighted by atomic mass is 10.1. The van der Waals surface area contributed by atoms with Crippen LogP contribution >= 0.6 is 11.8 Å². The number of benzene rings is 2. The fraction of sp³-hybridized carbons (Fsp3) is 0.0714. The van der Waals surface area contributed by atoms with Crippen LogP contribution in [0.25, 0.3) is 0 Å². The van der Waals surface area contributed by atoms with Crippen LogP contribution in [0.5, 0.6) is 0 Å². The van der Waals surface area contributed by atoms with Crippen LogP contribution in [0, 0.1) is 5.82 Å². The van der Waals surface area contributed by atoms with E-state index in [1.807, 2.05) is 24.3 Å². The van der Waals surface area contributed by atoms with Crippen LogP contribution in [0.3, 0.4) is 0 Å². The second-order valence-electron chi connectivity index (χ2n) is 4.28. The summed E-state index contributed by atoms with van der Waals surface area (Å²) in [4.78, 5) is 13.2. The van der Waals surface area contributed by atoms with Gasteiger partial charge in [0.25, 0.3) is 0 Å². The van der Waals surface area contributed by atoms with Crippen molar-refractivity contribution >= 4 is 23.4 Å². The molecule has 0 radical (unpaired) electrons. The lowest BCUT2D eigenvalue weighted by Gasteiger charge is -2.05. The van der Waals surface area contributed by atoms with Gasteiger partial charge in [0.1, 0.15) is 11.9 Å². The molecule has 0 saturated carbocycles. The molecule has 2 aromatic carbocycles. The quantitative estimate of drug-likeness (QED) is 0.885. The van der Waals surface area contributed by atoms with Gasteiger partial charge in [0, 0.05) is 21.0 Å². The van der Waals surface area contributed by atoms with Crippen LogP contribution in [0.1, 0.15) is 11.6 Å². The van der Waals surface area contributed by atoms with Crippen molar-refractivity contribution < 1.29 is 9.18 Å². The van der Waals surface area contributed by atoms with Crippen LogP contribution in [-0.4, -0.2) is 5.91 Å². The molecule has 1 atom stereocenters. The molecule has 0 saturated heterocycles. The third-order valence-corrected chi connectivity index (χ3v) is 3.91. The molecule has 0 bridgehead atoms. The summed E-state index contributed by atoms with van der Waals surface area (Å²) in [5, 5.41) is 2.73. The molecule has 96 valence electrons. The highest BCUT2D eigenvalue weighted by Crippen LogP contribution is 2.35. The number of hydrogen-bond donors (Lipinski definition) is 2. The number of hydrogen-bond acceptors (Lipinski definition) is 3. The van der Waals surface area contributed by atoms with Gasteiger partial charge in [-0.05, 0) is 30.3 Å². The summed E-state index contributed by atoms with van der Waals surface area (Å²) in [6.45, 7) is 0. The number of fused-ring (bicyclic) bond motifs is 1.